The molecule has 0 aromatic heterocycles. The maximum absolute atomic E-state index is 12.7. The summed E-state index contributed by atoms with van der Waals surface area (Å²) >= 11 is 0. The van der Waals surface area contributed by atoms with E-state index in [-0.39, 0.29) is 18.4 Å². The first kappa shape index (κ1) is 23.1. The molecule has 2 saturated heterocycles. The van der Waals surface area contributed by atoms with E-state index in [1.54, 1.807) is 0 Å². The summed E-state index contributed by atoms with van der Waals surface area (Å²) in [6.07, 6.45) is 7.08. The lowest BCUT2D eigenvalue weighted by molar-refractivity contribution is -0.169. The van der Waals surface area contributed by atoms with Crippen LogP contribution in [0.3, 0.4) is 0 Å². The molecular formula is C27H34O5. The average Bonchev–Trinajstić information content (AvgIpc) is 2.83. The number of ether oxygens (including phenoxy) is 4. The quantitative estimate of drug-likeness (QED) is 0.515. The van der Waals surface area contributed by atoms with Gasteiger partial charge in [0.05, 0.1) is 13.2 Å². The van der Waals surface area contributed by atoms with Gasteiger partial charge in [-0.15, -0.1) is 0 Å². The van der Waals surface area contributed by atoms with Crippen molar-refractivity contribution in [3.05, 3.63) is 70.8 Å². The van der Waals surface area contributed by atoms with Crippen LogP contribution < -0.4 is 0 Å². The van der Waals surface area contributed by atoms with E-state index >= 15 is 0 Å². The Bertz CT molecular complexity index is 783. The first-order valence-electron chi connectivity index (χ1n) is 11.9. The van der Waals surface area contributed by atoms with Gasteiger partial charge in [-0.2, -0.15) is 0 Å². The molecule has 2 aliphatic rings. The summed E-state index contributed by atoms with van der Waals surface area (Å²) in [7, 11) is 0. The van der Waals surface area contributed by atoms with Crippen molar-refractivity contribution in [3.63, 3.8) is 0 Å². The van der Waals surface area contributed by atoms with Gasteiger partial charge in [0.1, 0.15) is 5.78 Å². The molecule has 2 aromatic carbocycles. The van der Waals surface area contributed by atoms with Gasteiger partial charge >= 0.3 is 0 Å². The molecule has 0 radical (unpaired) electrons. The molecule has 2 atom stereocenters. The number of hydrogen-bond donors (Lipinski definition) is 0. The van der Waals surface area contributed by atoms with Crippen molar-refractivity contribution >= 4 is 5.78 Å². The van der Waals surface area contributed by atoms with Crippen molar-refractivity contribution in [2.75, 3.05) is 13.2 Å². The number of benzene rings is 2. The smallest absolute Gasteiger partial charge is 0.158 e. The first-order valence-corrected chi connectivity index (χ1v) is 11.9. The van der Waals surface area contributed by atoms with Crippen LogP contribution in [0.15, 0.2) is 48.5 Å². The fraction of sp³-hybridized carbons (Fsp3) is 0.519. The van der Waals surface area contributed by atoms with Crippen LogP contribution in [0.2, 0.25) is 0 Å². The third-order valence-corrected chi connectivity index (χ3v) is 5.93. The van der Waals surface area contributed by atoms with Gasteiger partial charge in [-0.3, -0.25) is 4.79 Å². The van der Waals surface area contributed by atoms with E-state index in [1.807, 2.05) is 36.4 Å². The largest absolute Gasteiger partial charge is 0.353 e. The van der Waals surface area contributed by atoms with Crippen molar-refractivity contribution in [1.29, 1.82) is 0 Å². The molecule has 4 rings (SSSR count). The SMILES string of the molecule is O=C(Cc1cccc(COC2CCCCO2)c1)Cc1cccc(COC2CCCCO2)c1. The number of Topliss-reactive ketones (excluding diaryl/α,β-unsaturated/α-hetero) is 1. The highest BCUT2D eigenvalue weighted by Gasteiger charge is 2.15. The molecule has 2 fully saturated rings. The zero-order chi connectivity index (χ0) is 22.0. The molecule has 0 amide bonds. The molecule has 172 valence electrons. The van der Waals surface area contributed by atoms with Gasteiger partial charge in [-0.1, -0.05) is 48.5 Å². The summed E-state index contributed by atoms with van der Waals surface area (Å²) in [6, 6.07) is 16.2. The molecular weight excluding hydrogens is 404 g/mol. The fourth-order valence-electron chi connectivity index (χ4n) is 4.24. The normalized spacial score (nSPS) is 21.4. The third kappa shape index (κ3) is 7.52. The van der Waals surface area contributed by atoms with Crippen molar-refractivity contribution in [2.45, 2.75) is 77.2 Å². The molecule has 2 unspecified atom stereocenters. The van der Waals surface area contributed by atoms with E-state index in [2.05, 4.69) is 12.1 Å². The second-order valence-corrected chi connectivity index (χ2v) is 8.75. The molecule has 0 spiro atoms. The van der Waals surface area contributed by atoms with E-state index in [0.29, 0.717) is 26.1 Å². The molecule has 5 nitrogen and oxygen atoms in total. The minimum absolute atomic E-state index is 0.102. The van der Waals surface area contributed by atoms with Crippen molar-refractivity contribution < 1.29 is 23.7 Å². The van der Waals surface area contributed by atoms with Gasteiger partial charge in [0, 0.05) is 26.1 Å². The lowest BCUT2D eigenvalue weighted by atomic mass is 10.0. The minimum Gasteiger partial charge on any atom is -0.353 e. The molecule has 2 heterocycles. The lowest BCUT2D eigenvalue weighted by Crippen LogP contribution is -2.22. The summed E-state index contributed by atoms with van der Waals surface area (Å²) in [6.45, 7) is 2.58. The topological polar surface area (TPSA) is 54.0 Å². The molecule has 32 heavy (non-hydrogen) atoms. The highest BCUT2D eigenvalue weighted by molar-refractivity contribution is 5.83. The molecule has 0 N–H and O–H groups in total. The Morgan fingerprint density at radius 1 is 0.719 bits per heavy atom. The Morgan fingerprint density at radius 3 is 1.62 bits per heavy atom. The van der Waals surface area contributed by atoms with Crippen LogP contribution in [0.4, 0.5) is 0 Å². The van der Waals surface area contributed by atoms with Crippen LogP contribution in [0, 0.1) is 0 Å². The van der Waals surface area contributed by atoms with Gasteiger partial charge < -0.3 is 18.9 Å². The van der Waals surface area contributed by atoms with Gasteiger partial charge in [0.25, 0.3) is 0 Å². The van der Waals surface area contributed by atoms with E-state index < -0.39 is 0 Å². The standard InChI is InChI=1S/C27H34O5/c28-25(17-21-7-5-9-23(15-21)19-31-26-11-1-3-13-29-26)18-22-8-6-10-24(16-22)20-32-27-12-2-4-14-30-27/h5-10,15-16,26-27H,1-4,11-14,17-20H2. The molecule has 0 bridgehead atoms. The molecule has 2 aliphatic heterocycles. The molecule has 0 saturated carbocycles. The minimum atomic E-state index is -0.102. The highest BCUT2D eigenvalue weighted by atomic mass is 16.7. The maximum Gasteiger partial charge on any atom is 0.158 e. The Labute approximate surface area is 191 Å². The lowest BCUT2D eigenvalue weighted by Gasteiger charge is -2.22. The third-order valence-electron chi connectivity index (χ3n) is 5.93. The maximum atomic E-state index is 12.7. The molecule has 5 heteroatoms. The monoisotopic (exact) mass is 438 g/mol. The van der Waals surface area contributed by atoms with E-state index in [9.17, 15) is 4.79 Å². The van der Waals surface area contributed by atoms with Gasteiger partial charge in [0.2, 0.25) is 0 Å². The van der Waals surface area contributed by atoms with Crippen LogP contribution in [0.25, 0.3) is 0 Å². The molecule has 0 aliphatic carbocycles. The number of carbonyl (C=O) groups excluding carboxylic acids is 1. The van der Waals surface area contributed by atoms with Crippen LogP contribution in [0.5, 0.6) is 0 Å². The Balaban J connectivity index is 1.25. The zero-order valence-electron chi connectivity index (χ0n) is 18.8. The van der Waals surface area contributed by atoms with E-state index in [0.717, 1.165) is 74.0 Å². The Hall–Kier alpha value is -2.05. The first-order chi connectivity index (χ1) is 15.7. The average molecular weight is 439 g/mol. The van der Waals surface area contributed by atoms with Crippen molar-refractivity contribution in [1.82, 2.24) is 0 Å². The molecule has 2 aromatic rings. The van der Waals surface area contributed by atoms with Crippen LogP contribution in [-0.2, 0) is 49.8 Å². The fourth-order valence-corrected chi connectivity index (χ4v) is 4.24. The van der Waals surface area contributed by atoms with Gasteiger partial charge in [-0.25, -0.2) is 0 Å². The summed E-state index contributed by atoms with van der Waals surface area (Å²) in [5.41, 5.74) is 4.20. The van der Waals surface area contributed by atoms with Crippen LogP contribution in [0.1, 0.15) is 60.8 Å². The van der Waals surface area contributed by atoms with Crippen LogP contribution in [-0.4, -0.2) is 31.6 Å². The van der Waals surface area contributed by atoms with Gasteiger partial charge in [-0.05, 0) is 60.8 Å². The number of hydrogen-bond acceptors (Lipinski definition) is 5. The predicted molar refractivity (Wildman–Crippen MR) is 122 cm³/mol. The highest BCUT2D eigenvalue weighted by Crippen LogP contribution is 2.18. The predicted octanol–water partition coefficient (Wildman–Crippen LogP) is 5.13. The van der Waals surface area contributed by atoms with Crippen molar-refractivity contribution in [3.8, 4) is 0 Å². The second kappa shape index (κ2) is 12.3. The van der Waals surface area contributed by atoms with Crippen molar-refractivity contribution in [2.24, 2.45) is 0 Å². The van der Waals surface area contributed by atoms with E-state index in [4.69, 9.17) is 18.9 Å². The second-order valence-electron chi connectivity index (χ2n) is 8.75. The summed E-state index contributed by atoms with van der Waals surface area (Å²) in [5, 5.41) is 0. The number of rotatable bonds is 10. The van der Waals surface area contributed by atoms with E-state index in [1.165, 1.54) is 0 Å². The van der Waals surface area contributed by atoms with Gasteiger partial charge in [0.15, 0.2) is 12.6 Å². The number of ketones is 1. The summed E-state index contributed by atoms with van der Waals surface area (Å²) in [4.78, 5) is 12.7. The zero-order valence-corrected chi connectivity index (χ0v) is 18.8. The van der Waals surface area contributed by atoms with Crippen LogP contribution >= 0.6 is 0 Å². The summed E-state index contributed by atoms with van der Waals surface area (Å²) < 4.78 is 23.0. The summed E-state index contributed by atoms with van der Waals surface area (Å²) in [5.74, 6) is 0.201. The Kier molecular flexibility index (Phi) is 8.86. The number of carbonyl (C=O) groups is 1. The Morgan fingerprint density at radius 2 is 1.19 bits per heavy atom.